The molecule has 0 N–H and O–H groups in total. The highest BCUT2D eigenvalue weighted by molar-refractivity contribution is 5.83. The lowest BCUT2D eigenvalue weighted by molar-refractivity contribution is -0.118. The fourth-order valence-corrected chi connectivity index (χ4v) is 1.46. The maximum atomic E-state index is 11.2. The Bertz CT molecular complexity index is 513. The molecule has 3 heteroatoms. The molecule has 0 fully saturated rings. The summed E-state index contributed by atoms with van der Waals surface area (Å²) in [5.41, 5.74) is 2.66. The van der Waals surface area contributed by atoms with Crippen LogP contribution in [0.15, 0.2) is 22.6 Å². The average molecular weight is 203 g/mol. The van der Waals surface area contributed by atoms with Crippen molar-refractivity contribution in [3.8, 4) is 0 Å². The fraction of sp³-hybridized carbons (Fsp3) is 0.333. The van der Waals surface area contributed by atoms with Crippen LogP contribution in [0.2, 0.25) is 0 Å². The van der Waals surface area contributed by atoms with Gasteiger partial charge in [0.25, 0.3) is 0 Å². The van der Waals surface area contributed by atoms with Crippen molar-refractivity contribution in [3.05, 3.63) is 29.7 Å². The zero-order chi connectivity index (χ0) is 11.0. The van der Waals surface area contributed by atoms with E-state index in [1.165, 1.54) is 0 Å². The molecule has 3 nitrogen and oxygen atoms in total. The van der Waals surface area contributed by atoms with Crippen molar-refractivity contribution in [2.24, 2.45) is 0 Å². The lowest BCUT2D eigenvalue weighted by atomic mass is 10.1. The van der Waals surface area contributed by atoms with Gasteiger partial charge in [0.2, 0.25) is 5.89 Å². The minimum Gasteiger partial charge on any atom is -0.440 e. The van der Waals surface area contributed by atoms with Crippen LogP contribution in [-0.4, -0.2) is 10.8 Å². The van der Waals surface area contributed by atoms with Gasteiger partial charge in [-0.3, -0.25) is 4.79 Å². The van der Waals surface area contributed by atoms with Crippen LogP contribution in [-0.2, 0) is 4.79 Å². The van der Waals surface area contributed by atoms with E-state index < -0.39 is 0 Å². The number of nitrogens with zero attached hydrogens (tertiary/aromatic N) is 1. The number of hydrogen-bond donors (Lipinski definition) is 0. The molecular weight excluding hydrogens is 190 g/mol. The molecule has 0 aliphatic carbocycles. The van der Waals surface area contributed by atoms with Crippen LogP contribution in [0.5, 0.6) is 0 Å². The van der Waals surface area contributed by atoms with E-state index in [2.05, 4.69) is 4.98 Å². The Balaban J connectivity index is 2.56. The van der Waals surface area contributed by atoms with Crippen molar-refractivity contribution in [3.63, 3.8) is 0 Å². The van der Waals surface area contributed by atoms with E-state index in [-0.39, 0.29) is 11.7 Å². The lowest BCUT2D eigenvalue weighted by Crippen LogP contribution is -2.04. The predicted molar refractivity (Wildman–Crippen MR) is 57.8 cm³/mol. The number of aryl methyl sites for hydroxylation is 1. The Hall–Kier alpha value is -1.64. The second-order valence-electron chi connectivity index (χ2n) is 3.81. The molecule has 0 aliphatic rings. The number of carbonyl (C=O) groups excluding carboxylic acids is 1. The first-order valence-corrected chi connectivity index (χ1v) is 4.96. The minimum absolute atomic E-state index is 0.0687. The van der Waals surface area contributed by atoms with E-state index in [4.69, 9.17) is 4.42 Å². The molecule has 1 unspecified atom stereocenters. The van der Waals surface area contributed by atoms with Gasteiger partial charge in [0, 0.05) is 0 Å². The van der Waals surface area contributed by atoms with Crippen molar-refractivity contribution >= 4 is 16.9 Å². The zero-order valence-electron chi connectivity index (χ0n) is 9.07. The van der Waals surface area contributed by atoms with Crippen LogP contribution in [0, 0.1) is 6.92 Å². The van der Waals surface area contributed by atoms with E-state index in [0.717, 1.165) is 16.7 Å². The number of benzene rings is 1. The Labute approximate surface area is 88.1 Å². The second kappa shape index (κ2) is 3.50. The van der Waals surface area contributed by atoms with Crippen LogP contribution in [0.1, 0.15) is 31.2 Å². The molecule has 0 bridgehead atoms. The lowest BCUT2D eigenvalue weighted by Gasteiger charge is -1.99. The minimum atomic E-state index is -0.267. The van der Waals surface area contributed by atoms with E-state index in [9.17, 15) is 4.79 Å². The number of Topliss-reactive ketones (excluding diaryl/α,β-unsaturated/α-hetero) is 1. The quantitative estimate of drug-likeness (QED) is 0.753. The molecule has 0 spiro atoms. The number of rotatable bonds is 2. The molecule has 2 rings (SSSR count). The summed E-state index contributed by atoms with van der Waals surface area (Å²) in [6.07, 6.45) is 0. The largest absolute Gasteiger partial charge is 0.440 e. The number of aromatic nitrogens is 1. The summed E-state index contributed by atoms with van der Waals surface area (Å²) < 4.78 is 5.54. The highest BCUT2D eigenvalue weighted by atomic mass is 16.3. The average Bonchev–Trinajstić information content (AvgIpc) is 2.61. The molecule has 0 saturated heterocycles. The maximum Gasteiger partial charge on any atom is 0.205 e. The van der Waals surface area contributed by atoms with Gasteiger partial charge in [0.05, 0.1) is 5.92 Å². The van der Waals surface area contributed by atoms with Gasteiger partial charge in [-0.25, -0.2) is 4.98 Å². The van der Waals surface area contributed by atoms with Gasteiger partial charge in [-0.15, -0.1) is 0 Å². The van der Waals surface area contributed by atoms with Gasteiger partial charge in [-0.05, 0) is 32.4 Å². The van der Waals surface area contributed by atoms with Crippen molar-refractivity contribution in [2.45, 2.75) is 26.7 Å². The molecule has 78 valence electrons. The van der Waals surface area contributed by atoms with Crippen LogP contribution in [0.25, 0.3) is 11.1 Å². The summed E-state index contributed by atoms with van der Waals surface area (Å²) in [4.78, 5) is 15.6. The van der Waals surface area contributed by atoms with Gasteiger partial charge < -0.3 is 4.42 Å². The molecule has 0 amide bonds. The van der Waals surface area contributed by atoms with Crippen LogP contribution >= 0.6 is 0 Å². The van der Waals surface area contributed by atoms with Gasteiger partial charge in [0.1, 0.15) is 11.3 Å². The number of carbonyl (C=O) groups is 1. The molecule has 0 radical (unpaired) electrons. The molecule has 2 aromatic rings. The molecular formula is C12H13NO2. The van der Waals surface area contributed by atoms with Crippen LogP contribution in [0.4, 0.5) is 0 Å². The molecule has 1 aromatic heterocycles. The normalized spacial score (nSPS) is 13.0. The molecule has 0 saturated carbocycles. The molecule has 15 heavy (non-hydrogen) atoms. The maximum absolute atomic E-state index is 11.2. The van der Waals surface area contributed by atoms with Crippen LogP contribution < -0.4 is 0 Å². The zero-order valence-corrected chi connectivity index (χ0v) is 9.07. The van der Waals surface area contributed by atoms with Gasteiger partial charge in [0.15, 0.2) is 5.58 Å². The van der Waals surface area contributed by atoms with Crippen molar-refractivity contribution in [1.82, 2.24) is 4.98 Å². The summed E-state index contributed by atoms with van der Waals surface area (Å²) in [6, 6.07) is 5.77. The standard InChI is InChI=1S/C12H13NO2/c1-7-5-4-6-10-11(7)13-12(15-10)8(2)9(3)14/h4-6,8H,1-3H3. The summed E-state index contributed by atoms with van der Waals surface area (Å²) in [6.45, 7) is 5.34. The SMILES string of the molecule is CC(=O)C(C)c1nc2c(C)cccc2o1. The third kappa shape index (κ3) is 1.65. The van der Waals surface area contributed by atoms with Gasteiger partial charge >= 0.3 is 0 Å². The molecule has 1 atom stereocenters. The second-order valence-corrected chi connectivity index (χ2v) is 3.81. The topological polar surface area (TPSA) is 43.1 Å². The van der Waals surface area contributed by atoms with E-state index in [1.807, 2.05) is 32.0 Å². The molecule has 1 heterocycles. The highest BCUT2D eigenvalue weighted by Gasteiger charge is 2.17. The Morgan fingerprint density at radius 1 is 1.47 bits per heavy atom. The first-order valence-electron chi connectivity index (χ1n) is 4.96. The van der Waals surface area contributed by atoms with Crippen LogP contribution in [0.3, 0.4) is 0 Å². The first kappa shape index (κ1) is 9.90. The van der Waals surface area contributed by atoms with Crippen molar-refractivity contribution < 1.29 is 9.21 Å². The van der Waals surface area contributed by atoms with Crippen molar-refractivity contribution in [2.75, 3.05) is 0 Å². The number of fused-ring (bicyclic) bond motifs is 1. The first-order chi connectivity index (χ1) is 7.09. The molecule has 1 aromatic carbocycles. The number of oxazole rings is 1. The molecule has 0 aliphatic heterocycles. The Morgan fingerprint density at radius 2 is 2.20 bits per heavy atom. The smallest absolute Gasteiger partial charge is 0.205 e. The van der Waals surface area contributed by atoms with Gasteiger partial charge in [-0.1, -0.05) is 12.1 Å². The van der Waals surface area contributed by atoms with E-state index in [1.54, 1.807) is 6.92 Å². The summed E-state index contributed by atoms with van der Waals surface area (Å²) >= 11 is 0. The summed E-state index contributed by atoms with van der Waals surface area (Å²) in [5.74, 6) is 0.308. The van der Waals surface area contributed by atoms with Crippen molar-refractivity contribution in [1.29, 1.82) is 0 Å². The monoisotopic (exact) mass is 203 g/mol. The number of hydrogen-bond acceptors (Lipinski definition) is 3. The number of para-hydroxylation sites is 1. The summed E-state index contributed by atoms with van der Waals surface area (Å²) in [7, 11) is 0. The van der Waals surface area contributed by atoms with Gasteiger partial charge in [-0.2, -0.15) is 0 Å². The Morgan fingerprint density at radius 3 is 2.80 bits per heavy atom. The number of ketones is 1. The third-order valence-corrected chi connectivity index (χ3v) is 2.62. The van der Waals surface area contributed by atoms with E-state index in [0.29, 0.717) is 5.89 Å². The Kier molecular flexibility index (Phi) is 2.31. The summed E-state index contributed by atoms with van der Waals surface area (Å²) in [5, 5.41) is 0. The highest BCUT2D eigenvalue weighted by Crippen LogP contribution is 2.23. The fourth-order valence-electron chi connectivity index (χ4n) is 1.46. The third-order valence-electron chi connectivity index (χ3n) is 2.62. The van der Waals surface area contributed by atoms with E-state index >= 15 is 0 Å². The predicted octanol–water partition coefficient (Wildman–Crippen LogP) is 2.83.